The molecule has 0 heterocycles. The minimum Gasteiger partial charge on any atom is -0.384 e. The Morgan fingerprint density at radius 1 is 1.29 bits per heavy atom. The number of methoxy groups -OCH3 is 1. The molecule has 0 amide bonds. The fraction of sp³-hybridized carbons (Fsp3) is 0.455. The quantitative estimate of drug-likeness (QED) is 0.821. The summed E-state index contributed by atoms with van der Waals surface area (Å²) in [6.07, 6.45) is 0.642. The van der Waals surface area contributed by atoms with E-state index in [4.69, 9.17) is 16.3 Å². The number of sulfonamides is 1. The van der Waals surface area contributed by atoms with E-state index in [2.05, 4.69) is 4.72 Å². The maximum Gasteiger partial charge on any atom is 0.213 e. The highest BCUT2D eigenvalue weighted by molar-refractivity contribution is 7.89. The van der Waals surface area contributed by atoms with Crippen molar-refractivity contribution in [2.45, 2.75) is 6.42 Å². The van der Waals surface area contributed by atoms with Crippen molar-refractivity contribution < 1.29 is 13.2 Å². The molecular formula is C11H16ClNO3S. The van der Waals surface area contributed by atoms with Gasteiger partial charge in [-0.2, -0.15) is 0 Å². The second-order valence-electron chi connectivity index (χ2n) is 3.58. The minimum atomic E-state index is -3.22. The summed E-state index contributed by atoms with van der Waals surface area (Å²) >= 11 is 5.75. The first kappa shape index (κ1) is 14.4. The number of benzene rings is 1. The Hall–Kier alpha value is -0.620. The van der Waals surface area contributed by atoms with Gasteiger partial charge in [-0.15, -0.1) is 0 Å². The highest BCUT2D eigenvalue weighted by atomic mass is 35.5. The number of nitrogens with one attached hydrogen (secondary N) is 1. The van der Waals surface area contributed by atoms with Crippen molar-refractivity contribution in [3.05, 3.63) is 34.9 Å². The van der Waals surface area contributed by atoms with Gasteiger partial charge in [0.05, 0.1) is 12.4 Å². The lowest BCUT2D eigenvalue weighted by molar-refractivity contribution is 0.217. The molecular weight excluding hydrogens is 262 g/mol. The normalized spacial score (nSPS) is 11.6. The summed E-state index contributed by atoms with van der Waals surface area (Å²) in [6, 6.07) is 7.34. The molecule has 1 aromatic carbocycles. The Morgan fingerprint density at radius 2 is 1.94 bits per heavy atom. The SMILES string of the molecule is COCCS(=O)(=O)NCCc1ccc(Cl)cc1. The molecule has 0 saturated carbocycles. The van der Waals surface area contributed by atoms with Crippen molar-refractivity contribution in [1.82, 2.24) is 4.72 Å². The van der Waals surface area contributed by atoms with Gasteiger partial charge in [-0.25, -0.2) is 13.1 Å². The van der Waals surface area contributed by atoms with Crippen molar-refractivity contribution in [2.24, 2.45) is 0 Å². The molecule has 1 N–H and O–H groups in total. The van der Waals surface area contributed by atoms with E-state index in [9.17, 15) is 8.42 Å². The van der Waals surface area contributed by atoms with Gasteiger partial charge in [0.15, 0.2) is 0 Å². The molecule has 1 aromatic rings. The third-order valence-electron chi connectivity index (χ3n) is 2.21. The molecule has 0 saturated heterocycles. The van der Waals surface area contributed by atoms with Gasteiger partial charge < -0.3 is 4.74 Å². The first-order chi connectivity index (χ1) is 8.03. The van der Waals surface area contributed by atoms with E-state index < -0.39 is 10.0 Å². The standard InChI is InChI=1S/C11H16ClNO3S/c1-16-8-9-17(14,15)13-7-6-10-2-4-11(12)5-3-10/h2-5,13H,6-9H2,1H3. The molecule has 6 heteroatoms. The van der Waals surface area contributed by atoms with Crippen LogP contribution in [0.4, 0.5) is 0 Å². The largest absolute Gasteiger partial charge is 0.384 e. The van der Waals surface area contributed by atoms with E-state index in [0.717, 1.165) is 5.56 Å². The lowest BCUT2D eigenvalue weighted by atomic mass is 10.2. The van der Waals surface area contributed by atoms with Crippen LogP contribution in [0.2, 0.25) is 5.02 Å². The summed E-state index contributed by atoms with van der Waals surface area (Å²) in [7, 11) is -1.75. The van der Waals surface area contributed by atoms with Gasteiger partial charge in [-0.05, 0) is 24.1 Å². The minimum absolute atomic E-state index is 0.00980. The fourth-order valence-corrected chi connectivity index (χ4v) is 2.34. The summed E-state index contributed by atoms with van der Waals surface area (Å²) in [5, 5.41) is 0.675. The molecule has 0 spiro atoms. The molecule has 0 aliphatic rings. The average molecular weight is 278 g/mol. The second kappa shape index (κ2) is 6.96. The van der Waals surface area contributed by atoms with Crippen LogP contribution in [0.3, 0.4) is 0 Å². The number of hydrogen-bond donors (Lipinski definition) is 1. The maximum absolute atomic E-state index is 11.4. The van der Waals surface area contributed by atoms with E-state index in [1.807, 2.05) is 12.1 Å². The van der Waals surface area contributed by atoms with E-state index >= 15 is 0 Å². The molecule has 17 heavy (non-hydrogen) atoms. The molecule has 0 aliphatic carbocycles. The first-order valence-electron chi connectivity index (χ1n) is 5.24. The first-order valence-corrected chi connectivity index (χ1v) is 7.27. The predicted octanol–water partition coefficient (Wildman–Crippen LogP) is 1.45. The maximum atomic E-state index is 11.4. The summed E-state index contributed by atoms with van der Waals surface area (Å²) in [5.74, 6) is -0.00980. The van der Waals surface area contributed by atoms with E-state index in [-0.39, 0.29) is 12.4 Å². The van der Waals surface area contributed by atoms with Crippen molar-refractivity contribution in [3.8, 4) is 0 Å². The fourth-order valence-electron chi connectivity index (χ4n) is 1.27. The molecule has 0 aliphatic heterocycles. The van der Waals surface area contributed by atoms with Crippen LogP contribution in [0, 0.1) is 0 Å². The van der Waals surface area contributed by atoms with Crippen molar-refractivity contribution in [1.29, 1.82) is 0 Å². The van der Waals surface area contributed by atoms with E-state index in [1.165, 1.54) is 7.11 Å². The summed E-state index contributed by atoms with van der Waals surface area (Å²) in [5.41, 5.74) is 1.05. The summed E-state index contributed by atoms with van der Waals surface area (Å²) < 4.78 is 30.1. The van der Waals surface area contributed by atoms with Crippen molar-refractivity contribution in [3.63, 3.8) is 0 Å². The highest BCUT2D eigenvalue weighted by Gasteiger charge is 2.08. The predicted molar refractivity (Wildman–Crippen MR) is 68.8 cm³/mol. The van der Waals surface area contributed by atoms with Crippen LogP contribution in [0.5, 0.6) is 0 Å². The molecule has 0 atom stereocenters. The van der Waals surface area contributed by atoms with Crippen LogP contribution < -0.4 is 4.72 Å². The van der Waals surface area contributed by atoms with Crippen LogP contribution in [-0.2, 0) is 21.2 Å². The van der Waals surface area contributed by atoms with E-state index in [1.54, 1.807) is 12.1 Å². The van der Waals surface area contributed by atoms with Crippen molar-refractivity contribution >= 4 is 21.6 Å². The van der Waals surface area contributed by atoms with Crippen LogP contribution in [0.25, 0.3) is 0 Å². The van der Waals surface area contributed by atoms with Gasteiger partial charge in [0.25, 0.3) is 0 Å². The van der Waals surface area contributed by atoms with Gasteiger partial charge in [-0.3, -0.25) is 0 Å². The third kappa shape index (κ3) is 6.02. The Labute approximate surface area is 107 Å². The summed E-state index contributed by atoms with van der Waals surface area (Å²) in [6.45, 7) is 0.587. The zero-order valence-electron chi connectivity index (χ0n) is 9.65. The van der Waals surface area contributed by atoms with Crippen LogP contribution in [-0.4, -0.2) is 34.4 Å². The van der Waals surface area contributed by atoms with Gasteiger partial charge in [-0.1, -0.05) is 23.7 Å². The monoisotopic (exact) mass is 277 g/mol. The molecule has 1 rings (SSSR count). The lowest BCUT2D eigenvalue weighted by Gasteiger charge is -2.06. The summed E-state index contributed by atoms with van der Waals surface area (Å²) in [4.78, 5) is 0. The number of hydrogen-bond acceptors (Lipinski definition) is 3. The van der Waals surface area contributed by atoms with Crippen LogP contribution in [0.1, 0.15) is 5.56 Å². The lowest BCUT2D eigenvalue weighted by Crippen LogP contribution is -2.29. The molecule has 96 valence electrons. The smallest absolute Gasteiger partial charge is 0.213 e. The number of halogens is 1. The van der Waals surface area contributed by atoms with Gasteiger partial charge in [0.2, 0.25) is 10.0 Å². The average Bonchev–Trinajstić information content (AvgIpc) is 2.29. The molecule has 4 nitrogen and oxygen atoms in total. The third-order valence-corrected chi connectivity index (χ3v) is 3.81. The topological polar surface area (TPSA) is 55.4 Å². The molecule has 0 radical (unpaired) electrons. The molecule has 0 unspecified atom stereocenters. The zero-order valence-corrected chi connectivity index (χ0v) is 11.2. The second-order valence-corrected chi connectivity index (χ2v) is 5.95. The van der Waals surface area contributed by atoms with Crippen LogP contribution >= 0.6 is 11.6 Å². The molecule has 0 bridgehead atoms. The zero-order chi connectivity index (χ0) is 12.7. The van der Waals surface area contributed by atoms with Gasteiger partial charge in [0, 0.05) is 18.7 Å². The van der Waals surface area contributed by atoms with Gasteiger partial charge >= 0.3 is 0 Å². The Balaban J connectivity index is 2.34. The van der Waals surface area contributed by atoms with Crippen molar-refractivity contribution in [2.75, 3.05) is 26.0 Å². The number of rotatable bonds is 7. The van der Waals surface area contributed by atoms with E-state index in [0.29, 0.717) is 18.0 Å². The Morgan fingerprint density at radius 3 is 2.53 bits per heavy atom. The highest BCUT2D eigenvalue weighted by Crippen LogP contribution is 2.09. The van der Waals surface area contributed by atoms with Crippen LogP contribution in [0.15, 0.2) is 24.3 Å². The molecule has 0 aromatic heterocycles. The Bertz CT molecular complexity index is 431. The van der Waals surface area contributed by atoms with Gasteiger partial charge in [0.1, 0.15) is 0 Å². The number of ether oxygens (including phenoxy) is 1. The molecule has 0 fully saturated rings. The Kier molecular flexibility index (Phi) is 5.91.